The predicted molar refractivity (Wildman–Crippen MR) is 77.3 cm³/mol. The summed E-state index contributed by atoms with van der Waals surface area (Å²) in [5, 5.41) is 0. The highest BCUT2D eigenvalue weighted by Gasteiger charge is 2.14. The molecule has 0 aliphatic carbocycles. The van der Waals surface area contributed by atoms with Gasteiger partial charge in [0.25, 0.3) is 0 Å². The van der Waals surface area contributed by atoms with Crippen LogP contribution in [0.3, 0.4) is 0 Å². The molecule has 98 valence electrons. The molecule has 0 radical (unpaired) electrons. The maximum Gasteiger partial charge on any atom is 0.122 e. The van der Waals surface area contributed by atoms with Gasteiger partial charge in [-0.3, -0.25) is 0 Å². The molecule has 0 saturated carbocycles. The van der Waals surface area contributed by atoms with Crippen LogP contribution in [0, 0.1) is 0 Å². The number of nitrogens with two attached hydrogens (primary N) is 1. The Balaban J connectivity index is 1.65. The van der Waals surface area contributed by atoms with Crippen molar-refractivity contribution in [3.63, 3.8) is 0 Å². The predicted octanol–water partition coefficient (Wildman–Crippen LogP) is 3.25. The van der Waals surface area contributed by atoms with E-state index in [1.54, 1.807) is 0 Å². The van der Waals surface area contributed by atoms with E-state index < -0.39 is 0 Å². The third-order valence-corrected chi connectivity index (χ3v) is 3.73. The molecule has 1 heterocycles. The van der Waals surface area contributed by atoms with E-state index in [1.165, 1.54) is 16.7 Å². The maximum atomic E-state index is 6.30. The number of aryl methyl sites for hydroxylation is 1. The average Bonchev–Trinajstić information content (AvgIpc) is 2.93. The van der Waals surface area contributed by atoms with Crippen molar-refractivity contribution < 1.29 is 4.74 Å². The van der Waals surface area contributed by atoms with Gasteiger partial charge in [0.1, 0.15) is 5.75 Å². The van der Waals surface area contributed by atoms with Crippen LogP contribution in [0.5, 0.6) is 5.75 Å². The quantitative estimate of drug-likeness (QED) is 0.907. The summed E-state index contributed by atoms with van der Waals surface area (Å²) in [7, 11) is 0. The molecular weight excluding hydrogens is 234 g/mol. The fourth-order valence-electron chi connectivity index (χ4n) is 2.57. The summed E-state index contributed by atoms with van der Waals surface area (Å²) in [4.78, 5) is 0. The summed E-state index contributed by atoms with van der Waals surface area (Å²) in [5.41, 5.74) is 10.2. The fraction of sp³-hybridized carbons (Fsp3) is 0.294. The summed E-state index contributed by atoms with van der Waals surface area (Å²) >= 11 is 0. The minimum absolute atomic E-state index is 0.103. The van der Waals surface area contributed by atoms with Crippen molar-refractivity contribution in [2.24, 2.45) is 5.73 Å². The van der Waals surface area contributed by atoms with Crippen molar-refractivity contribution in [3.8, 4) is 5.75 Å². The molecule has 2 N–H and O–H groups in total. The lowest BCUT2D eigenvalue weighted by Gasteiger charge is -2.13. The van der Waals surface area contributed by atoms with E-state index in [2.05, 4.69) is 42.5 Å². The van der Waals surface area contributed by atoms with Gasteiger partial charge in [0.2, 0.25) is 0 Å². The fourth-order valence-corrected chi connectivity index (χ4v) is 2.57. The molecule has 0 amide bonds. The first-order chi connectivity index (χ1) is 9.33. The Hall–Kier alpha value is -1.80. The lowest BCUT2D eigenvalue weighted by atomic mass is 9.97. The molecule has 1 atom stereocenters. The SMILES string of the molecule is N[C@H](CCc1ccccc1)c1ccc2c(c1)CCO2. The van der Waals surface area contributed by atoms with Crippen LogP contribution in [-0.4, -0.2) is 6.61 Å². The van der Waals surface area contributed by atoms with E-state index in [-0.39, 0.29) is 6.04 Å². The van der Waals surface area contributed by atoms with Gasteiger partial charge in [-0.2, -0.15) is 0 Å². The minimum Gasteiger partial charge on any atom is -0.493 e. The summed E-state index contributed by atoms with van der Waals surface area (Å²) in [5.74, 6) is 1.03. The molecule has 2 nitrogen and oxygen atoms in total. The van der Waals surface area contributed by atoms with Crippen LogP contribution in [0.15, 0.2) is 48.5 Å². The Bertz CT molecular complexity index is 550. The lowest BCUT2D eigenvalue weighted by Crippen LogP contribution is -2.11. The zero-order valence-corrected chi connectivity index (χ0v) is 11.0. The smallest absolute Gasteiger partial charge is 0.122 e. The molecule has 2 aromatic rings. The first-order valence-electron chi connectivity index (χ1n) is 6.88. The molecule has 0 spiro atoms. The van der Waals surface area contributed by atoms with Crippen molar-refractivity contribution in [2.45, 2.75) is 25.3 Å². The van der Waals surface area contributed by atoms with Gasteiger partial charge in [0, 0.05) is 12.5 Å². The van der Waals surface area contributed by atoms with E-state index in [4.69, 9.17) is 10.5 Å². The molecule has 2 heteroatoms. The number of hydrogen-bond acceptors (Lipinski definition) is 2. The standard InChI is InChI=1S/C17H19NO/c18-16(8-6-13-4-2-1-3-5-13)14-7-9-17-15(12-14)10-11-19-17/h1-5,7,9,12,16H,6,8,10-11,18H2/t16-/m1/s1. The molecule has 0 bridgehead atoms. The van der Waals surface area contributed by atoms with Gasteiger partial charge in [-0.1, -0.05) is 42.5 Å². The molecule has 0 aromatic heterocycles. The highest BCUT2D eigenvalue weighted by molar-refractivity contribution is 5.40. The van der Waals surface area contributed by atoms with Crippen LogP contribution in [0.1, 0.15) is 29.2 Å². The van der Waals surface area contributed by atoms with Gasteiger partial charge in [0.05, 0.1) is 6.61 Å². The second kappa shape index (κ2) is 5.45. The molecule has 2 aromatic carbocycles. The van der Waals surface area contributed by atoms with Crippen molar-refractivity contribution >= 4 is 0 Å². The molecule has 0 fully saturated rings. The maximum absolute atomic E-state index is 6.30. The number of benzene rings is 2. The normalized spacial score (nSPS) is 14.8. The van der Waals surface area contributed by atoms with Crippen LogP contribution >= 0.6 is 0 Å². The van der Waals surface area contributed by atoms with Crippen LogP contribution in [0.25, 0.3) is 0 Å². The number of fused-ring (bicyclic) bond motifs is 1. The minimum atomic E-state index is 0.103. The second-order valence-corrected chi connectivity index (χ2v) is 5.10. The third kappa shape index (κ3) is 2.79. The summed E-state index contributed by atoms with van der Waals surface area (Å²) in [6, 6.07) is 17.0. The summed E-state index contributed by atoms with van der Waals surface area (Å²) < 4.78 is 5.52. The van der Waals surface area contributed by atoms with Gasteiger partial charge in [-0.05, 0) is 35.6 Å². The Kier molecular flexibility index (Phi) is 3.51. The Morgan fingerprint density at radius 2 is 1.95 bits per heavy atom. The van der Waals surface area contributed by atoms with E-state index in [1.807, 2.05) is 6.07 Å². The van der Waals surface area contributed by atoms with Crippen molar-refractivity contribution in [1.29, 1.82) is 0 Å². The van der Waals surface area contributed by atoms with Crippen LogP contribution in [-0.2, 0) is 12.8 Å². The highest BCUT2D eigenvalue weighted by Crippen LogP contribution is 2.28. The van der Waals surface area contributed by atoms with Crippen molar-refractivity contribution in [2.75, 3.05) is 6.61 Å². The average molecular weight is 253 g/mol. The zero-order chi connectivity index (χ0) is 13.1. The van der Waals surface area contributed by atoms with Crippen LogP contribution in [0.2, 0.25) is 0 Å². The highest BCUT2D eigenvalue weighted by atomic mass is 16.5. The van der Waals surface area contributed by atoms with Crippen molar-refractivity contribution in [1.82, 2.24) is 0 Å². The second-order valence-electron chi connectivity index (χ2n) is 5.10. The molecule has 1 aliphatic rings. The van der Waals surface area contributed by atoms with E-state index in [0.717, 1.165) is 31.6 Å². The Morgan fingerprint density at radius 1 is 1.11 bits per heavy atom. The number of hydrogen-bond donors (Lipinski definition) is 1. The zero-order valence-electron chi connectivity index (χ0n) is 11.0. The Labute approximate surface area is 114 Å². The molecule has 19 heavy (non-hydrogen) atoms. The summed E-state index contributed by atoms with van der Waals surface area (Å²) in [6.45, 7) is 0.804. The van der Waals surface area contributed by atoms with Gasteiger partial charge >= 0.3 is 0 Å². The van der Waals surface area contributed by atoms with E-state index in [0.29, 0.717) is 0 Å². The summed E-state index contributed by atoms with van der Waals surface area (Å²) in [6.07, 6.45) is 3.01. The third-order valence-electron chi connectivity index (χ3n) is 3.73. The van der Waals surface area contributed by atoms with Crippen LogP contribution in [0.4, 0.5) is 0 Å². The molecule has 0 saturated heterocycles. The number of ether oxygens (including phenoxy) is 1. The van der Waals surface area contributed by atoms with Crippen molar-refractivity contribution in [3.05, 3.63) is 65.2 Å². The van der Waals surface area contributed by atoms with Gasteiger partial charge < -0.3 is 10.5 Å². The van der Waals surface area contributed by atoms with E-state index >= 15 is 0 Å². The lowest BCUT2D eigenvalue weighted by molar-refractivity contribution is 0.357. The molecule has 1 aliphatic heterocycles. The van der Waals surface area contributed by atoms with Gasteiger partial charge in [0.15, 0.2) is 0 Å². The topological polar surface area (TPSA) is 35.2 Å². The first-order valence-corrected chi connectivity index (χ1v) is 6.88. The molecule has 0 unspecified atom stereocenters. The largest absolute Gasteiger partial charge is 0.493 e. The van der Waals surface area contributed by atoms with Crippen LogP contribution < -0.4 is 10.5 Å². The number of rotatable bonds is 4. The molecular formula is C17H19NO. The first kappa shape index (κ1) is 12.2. The monoisotopic (exact) mass is 253 g/mol. The van der Waals surface area contributed by atoms with Gasteiger partial charge in [-0.15, -0.1) is 0 Å². The molecule has 3 rings (SSSR count). The Morgan fingerprint density at radius 3 is 2.79 bits per heavy atom. The van der Waals surface area contributed by atoms with E-state index in [9.17, 15) is 0 Å². The van der Waals surface area contributed by atoms with Gasteiger partial charge in [-0.25, -0.2) is 0 Å².